The first-order chi connectivity index (χ1) is 9.21. The number of rotatable bonds is 4. The predicted octanol–water partition coefficient (Wildman–Crippen LogP) is 2.28. The first-order valence-electron chi connectivity index (χ1n) is 6.43. The van der Waals surface area contributed by atoms with Crippen LogP contribution in [0.2, 0.25) is 0 Å². The molecule has 1 aliphatic heterocycles. The summed E-state index contributed by atoms with van der Waals surface area (Å²) in [4.78, 5) is 0. The van der Waals surface area contributed by atoms with Gasteiger partial charge in [-0.1, -0.05) is 6.07 Å². The van der Waals surface area contributed by atoms with Gasteiger partial charge in [0.2, 0.25) is 0 Å². The molecule has 0 bridgehead atoms. The van der Waals surface area contributed by atoms with E-state index in [1.54, 1.807) is 14.2 Å². The van der Waals surface area contributed by atoms with Crippen LogP contribution in [0.4, 0.5) is 0 Å². The average Bonchev–Trinajstić information content (AvgIpc) is 3.19. The molecule has 0 radical (unpaired) electrons. The highest BCUT2D eigenvalue weighted by molar-refractivity contribution is 5.50. The monoisotopic (exact) mass is 259 g/mol. The molecule has 2 aliphatic rings. The van der Waals surface area contributed by atoms with E-state index in [2.05, 4.69) is 6.07 Å². The number of nitriles is 1. The summed E-state index contributed by atoms with van der Waals surface area (Å²) in [5, 5.41) is 9.51. The lowest BCUT2D eigenvalue weighted by molar-refractivity contribution is -0.0875. The number of benzene rings is 1. The lowest BCUT2D eigenvalue weighted by atomic mass is 9.66. The Labute approximate surface area is 112 Å². The second-order valence-corrected chi connectivity index (χ2v) is 5.34. The Morgan fingerprint density at radius 3 is 2.37 bits per heavy atom. The fraction of sp³-hybridized carbons (Fsp3) is 0.533. The third-order valence-electron chi connectivity index (χ3n) is 4.50. The molecule has 2 fully saturated rings. The molecule has 0 amide bonds. The Hall–Kier alpha value is -1.73. The van der Waals surface area contributed by atoms with Crippen molar-refractivity contribution in [3.63, 3.8) is 0 Å². The van der Waals surface area contributed by atoms with Crippen molar-refractivity contribution in [1.82, 2.24) is 0 Å². The van der Waals surface area contributed by atoms with Crippen molar-refractivity contribution in [2.75, 3.05) is 27.4 Å². The minimum absolute atomic E-state index is 0.209. The maximum absolute atomic E-state index is 9.51. The van der Waals surface area contributed by atoms with E-state index in [0.717, 1.165) is 29.9 Å². The van der Waals surface area contributed by atoms with Gasteiger partial charge in [0.1, 0.15) is 11.5 Å². The van der Waals surface area contributed by atoms with Crippen LogP contribution < -0.4 is 9.47 Å². The van der Waals surface area contributed by atoms with Crippen LogP contribution in [0.15, 0.2) is 18.2 Å². The first kappa shape index (κ1) is 12.3. The van der Waals surface area contributed by atoms with E-state index in [1.165, 1.54) is 0 Å². The van der Waals surface area contributed by atoms with Gasteiger partial charge in [-0.05, 0) is 18.9 Å². The smallest absolute Gasteiger partial charge is 0.126 e. The van der Waals surface area contributed by atoms with Crippen LogP contribution in [-0.2, 0) is 10.2 Å². The molecule has 1 saturated carbocycles. The molecular weight excluding hydrogens is 242 g/mol. The summed E-state index contributed by atoms with van der Waals surface area (Å²) in [6.07, 6.45) is 1.89. The molecule has 1 aliphatic carbocycles. The zero-order valence-electron chi connectivity index (χ0n) is 11.2. The Morgan fingerprint density at radius 2 is 1.95 bits per heavy atom. The summed E-state index contributed by atoms with van der Waals surface area (Å²) in [5.41, 5.74) is 0.591. The standard InChI is InChI=1S/C15H17NO3/c1-17-11-3-4-12(13(7-11)18-2)15(9-19-10-15)14(8-16)5-6-14/h3-4,7H,5-6,9-10H2,1-2H3. The molecule has 1 aromatic carbocycles. The summed E-state index contributed by atoms with van der Waals surface area (Å²) in [5.74, 6) is 1.54. The van der Waals surface area contributed by atoms with Crippen LogP contribution >= 0.6 is 0 Å². The van der Waals surface area contributed by atoms with E-state index in [0.29, 0.717) is 13.2 Å². The molecule has 0 atom stereocenters. The Bertz CT molecular complexity index is 539. The van der Waals surface area contributed by atoms with Crippen LogP contribution in [0.5, 0.6) is 11.5 Å². The zero-order valence-corrected chi connectivity index (χ0v) is 11.2. The van der Waals surface area contributed by atoms with Gasteiger partial charge in [0.15, 0.2) is 0 Å². The molecule has 100 valence electrons. The van der Waals surface area contributed by atoms with E-state index >= 15 is 0 Å². The lowest BCUT2D eigenvalue weighted by Gasteiger charge is -2.46. The third-order valence-corrected chi connectivity index (χ3v) is 4.50. The fourth-order valence-corrected chi connectivity index (χ4v) is 3.01. The molecule has 0 aromatic heterocycles. The third kappa shape index (κ3) is 1.55. The van der Waals surface area contributed by atoms with Gasteiger partial charge in [0, 0.05) is 11.6 Å². The summed E-state index contributed by atoms with van der Waals surface area (Å²) >= 11 is 0. The van der Waals surface area contributed by atoms with Gasteiger partial charge in [-0.2, -0.15) is 5.26 Å². The number of hydrogen-bond donors (Lipinski definition) is 0. The minimum atomic E-state index is -0.271. The fourth-order valence-electron chi connectivity index (χ4n) is 3.01. The molecule has 1 saturated heterocycles. The molecule has 0 spiro atoms. The maximum Gasteiger partial charge on any atom is 0.126 e. The van der Waals surface area contributed by atoms with Crippen molar-refractivity contribution >= 4 is 0 Å². The average molecular weight is 259 g/mol. The van der Waals surface area contributed by atoms with Gasteiger partial charge in [0.05, 0.1) is 44.3 Å². The normalized spacial score (nSPS) is 21.9. The van der Waals surface area contributed by atoms with Gasteiger partial charge in [-0.25, -0.2) is 0 Å². The molecule has 4 nitrogen and oxygen atoms in total. The number of hydrogen-bond acceptors (Lipinski definition) is 4. The molecule has 1 aromatic rings. The number of ether oxygens (including phenoxy) is 3. The predicted molar refractivity (Wildman–Crippen MR) is 69.3 cm³/mol. The number of methoxy groups -OCH3 is 2. The molecule has 3 rings (SSSR count). The van der Waals surface area contributed by atoms with E-state index in [1.807, 2.05) is 18.2 Å². The second kappa shape index (κ2) is 4.14. The second-order valence-electron chi connectivity index (χ2n) is 5.34. The van der Waals surface area contributed by atoms with Gasteiger partial charge >= 0.3 is 0 Å². The summed E-state index contributed by atoms with van der Waals surface area (Å²) < 4.78 is 16.2. The van der Waals surface area contributed by atoms with E-state index < -0.39 is 0 Å². The quantitative estimate of drug-likeness (QED) is 0.832. The topological polar surface area (TPSA) is 51.5 Å². The molecule has 19 heavy (non-hydrogen) atoms. The molecule has 0 unspecified atom stereocenters. The lowest BCUT2D eigenvalue weighted by Crippen LogP contribution is -2.53. The largest absolute Gasteiger partial charge is 0.497 e. The Morgan fingerprint density at radius 1 is 1.21 bits per heavy atom. The summed E-state index contributed by atoms with van der Waals surface area (Å²) in [6.45, 7) is 1.20. The maximum atomic E-state index is 9.51. The molecule has 1 heterocycles. The van der Waals surface area contributed by atoms with Crippen LogP contribution in [0.1, 0.15) is 18.4 Å². The van der Waals surface area contributed by atoms with Gasteiger partial charge in [-0.3, -0.25) is 0 Å². The van der Waals surface area contributed by atoms with Crippen molar-refractivity contribution in [3.8, 4) is 17.6 Å². The van der Waals surface area contributed by atoms with Crippen LogP contribution in [0.3, 0.4) is 0 Å². The van der Waals surface area contributed by atoms with Crippen LogP contribution in [-0.4, -0.2) is 27.4 Å². The van der Waals surface area contributed by atoms with Crippen LogP contribution in [0.25, 0.3) is 0 Å². The van der Waals surface area contributed by atoms with E-state index in [4.69, 9.17) is 14.2 Å². The highest BCUT2D eigenvalue weighted by Crippen LogP contribution is 2.63. The Kier molecular flexibility index (Phi) is 2.68. The highest BCUT2D eigenvalue weighted by atomic mass is 16.5. The number of nitrogens with zero attached hydrogens (tertiary/aromatic N) is 1. The van der Waals surface area contributed by atoms with Crippen LogP contribution in [0, 0.1) is 16.7 Å². The van der Waals surface area contributed by atoms with Crippen molar-refractivity contribution in [2.45, 2.75) is 18.3 Å². The van der Waals surface area contributed by atoms with E-state index in [9.17, 15) is 5.26 Å². The van der Waals surface area contributed by atoms with Gasteiger partial charge < -0.3 is 14.2 Å². The summed E-state index contributed by atoms with van der Waals surface area (Å²) in [7, 11) is 3.28. The van der Waals surface area contributed by atoms with Crippen molar-refractivity contribution < 1.29 is 14.2 Å². The minimum Gasteiger partial charge on any atom is -0.497 e. The van der Waals surface area contributed by atoms with E-state index in [-0.39, 0.29) is 10.8 Å². The van der Waals surface area contributed by atoms with Gasteiger partial charge in [0.25, 0.3) is 0 Å². The summed E-state index contributed by atoms with van der Waals surface area (Å²) in [6, 6.07) is 8.32. The molecular formula is C15H17NO3. The van der Waals surface area contributed by atoms with Crippen molar-refractivity contribution in [1.29, 1.82) is 5.26 Å². The highest BCUT2D eigenvalue weighted by Gasteiger charge is 2.65. The SMILES string of the molecule is COc1ccc(C2(C3(C#N)CC3)COC2)c(OC)c1. The first-order valence-corrected chi connectivity index (χ1v) is 6.43. The molecule has 4 heteroatoms. The molecule has 0 N–H and O–H groups in total. The van der Waals surface area contributed by atoms with Crippen molar-refractivity contribution in [3.05, 3.63) is 23.8 Å². The zero-order chi connectivity index (χ0) is 13.5. The Balaban J connectivity index is 2.08. The van der Waals surface area contributed by atoms with Crippen molar-refractivity contribution in [2.24, 2.45) is 5.41 Å². The van der Waals surface area contributed by atoms with Gasteiger partial charge in [-0.15, -0.1) is 0 Å².